The number of carbonyl (C=O) groups excluding carboxylic acids is 2. The Morgan fingerprint density at radius 2 is 1.41 bits per heavy atom. The predicted octanol–water partition coefficient (Wildman–Crippen LogP) is 4.08. The lowest BCUT2D eigenvalue weighted by atomic mass is 9.91. The van der Waals surface area contributed by atoms with Gasteiger partial charge in [0, 0.05) is 0 Å². The van der Waals surface area contributed by atoms with Gasteiger partial charge in [-0.3, -0.25) is 4.79 Å². The van der Waals surface area contributed by atoms with E-state index in [2.05, 4.69) is 0 Å². The van der Waals surface area contributed by atoms with E-state index in [0.717, 1.165) is 27.8 Å². The first-order chi connectivity index (χ1) is 13.3. The highest BCUT2D eigenvalue weighted by atomic mass is 16.6. The first-order valence-corrected chi connectivity index (χ1v) is 8.77. The molecule has 3 aromatic rings. The smallest absolute Gasteiger partial charge is 0.348 e. The van der Waals surface area contributed by atoms with E-state index in [1.54, 1.807) is 0 Å². The van der Waals surface area contributed by atoms with E-state index in [9.17, 15) is 9.59 Å². The van der Waals surface area contributed by atoms with Crippen LogP contribution in [0.25, 0.3) is 11.1 Å². The molecule has 1 aliphatic rings. The highest BCUT2D eigenvalue weighted by molar-refractivity contribution is 5.85. The van der Waals surface area contributed by atoms with Crippen LogP contribution in [0.5, 0.6) is 0 Å². The summed E-state index contributed by atoms with van der Waals surface area (Å²) in [6.45, 7) is 0.451. The zero-order chi connectivity index (χ0) is 18.6. The van der Waals surface area contributed by atoms with Gasteiger partial charge >= 0.3 is 5.97 Å². The number of fused-ring (bicyclic) bond motifs is 3. The minimum Gasteiger partial charge on any atom is -0.458 e. The van der Waals surface area contributed by atoms with Crippen LogP contribution in [0.4, 0.5) is 0 Å². The van der Waals surface area contributed by atoms with Crippen LogP contribution in [0.15, 0.2) is 78.9 Å². The van der Waals surface area contributed by atoms with Gasteiger partial charge in [-0.2, -0.15) is 0 Å². The van der Waals surface area contributed by atoms with E-state index >= 15 is 0 Å². The summed E-state index contributed by atoms with van der Waals surface area (Å²) in [6, 6.07) is 25.1. The number of hydrogen-bond acceptors (Lipinski definition) is 4. The van der Waals surface area contributed by atoms with Gasteiger partial charge in [-0.15, -0.1) is 0 Å². The third kappa shape index (κ3) is 3.22. The molecule has 3 aromatic carbocycles. The van der Waals surface area contributed by atoms with Crippen molar-refractivity contribution in [2.75, 3.05) is 0 Å². The van der Waals surface area contributed by atoms with E-state index < -0.39 is 12.1 Å². The molecule has 0 aromatic heterocycles. The molecule has 1 aliphatic carbocycles. The maximum absolute atomic E-state index is 12.8. The van der Waals surface area contributed by atoms with Crippen LogP contribution in [-0.2, 0) is 25.7 Å². The van der Waals surface area contributed by atoms with Gasteiger partial charge in [0.25, 0.3) is 6.47 Å². The molecular formula is C23H18O4. The fourth-order valence-corrected chi connectivity index (χ4v) is 3.66. The zero-order valence-corrected chi connectivity index (χ0v) is 14.6. The Kier molecular flexibility index (Phi) is 4.71. The molecule has 1 atom stereocenters. The largest absolute Gasteiger partial charge is 0.458 e. The van der Waals surface area contributed by atoms with Crippen LogP contribution < -0.4 is 0 Å². The molecule has 0 N–H and O–H groups in total. The second-order valence-electron chi connectivity index (χ2n) is 6.40. The lowest BCUT2D eigenvalue weighted by Crippen LogP contribution is -2.32. The summed E-state index contributed by atoms with van der Waals surface area (Å²) < 4.78 is 10.7. The van der Waals surface area contributed by atoms with E-state index in [1.807, 2.05) is 78.9 Å². The fourth-order valence-electron chi connectivity index (χ4n) is 3.66. The van der Waals surface area contributed by atoms with Gasteiger partial charge in [0.1, 0.15) is 6.61 Å². The minimum atomic E-state index is -1.03. The summed E-state index contributed by atoms with van der Waals surface area (Å²) in [6.07, 6.45) is -1.03. The number of carbonyl (C=O) groups is 2. The van der Waals surface area contributed by atoms with E-state index in [1.165, 1.54) is 0 Å². The summed E-state index contributed by atoms with van der Waals surface area (Å²) >= 11 is 0. The molecule has 0 amide bonds. The van der Waals surface area contributed by atoms with Crippen molar-refractivity contribution in [2.45, 2.75) is 18.6 Å². The van der Waals surface area contributed by atoms with Crippen LogP contribution in [0, 0.1) is 0 Å². The first-order valence-electron chi connectivity index (χ1n) is 8.77. The van der Waals surface area contributed by atoms with Gasteiger partial charge in [-0.1, -0.05) is 78.9 Å². The number of benzene rings is 3. The van der Waals surface area contributed by atoms with Crippen LogP contribution in [-0.4, -0.2) is 18.5 Å². The highest BCUT2D eigenvalue weighted by Gasteiger charge is 2.40. The molecule has 4 rings (SSSR count). The SMILES string of the molecule is O=COC(C(=O)OCc1ccccc1)C1c2ccccc2-c2ccccc21. The van der Waals surface area contributed by atoms with Crippen LogP contribution in [0.2, 0.25) is 0 Å². The molecule has 0 aliphatic heterocycles. The van der Waals surface area contributed by atoms with Crippen LogP contribution in [0.1, 0.15) is 22.6 Å². The molecular weight excluding hydrogens is 340 g/mol. The maximum atomic E-state index is 12.8. The topological polar surface area (TPSA) is 52.6 Å². The first kappa shape index (κ1) is 17.0. The Bertz CT molecular complexity index is 919. The molecule has 0 saturated heterocycles. The van der Waals surface area contributed by atoms with Crippen molar-refractivity contribution in [3.05, 3.63) is 95.6 Å². The lowest BCUT2D eigenvalue weighted by Gasteiger charge is -2.22. The zero-order valence-electron chi connectivity index (χ0n) is 14.6. The number of esters is 1. The molecule has 4 nitrogen and oxygen atoms in total. The normalized spacial score (nSPS) is 13.3. The van der Waals surface area contributed by atoms with E-state index in [0.29, 0.717) is 6.47 Å². The number of rotatable bonds is 6. The maximum Gasteiger partial charge on any atom is 0.348 e. The Morgan fingerprint density at radius 1 is 0.852 bits per heavy atom. The molecule has 0 bridgehead atoms. The predicted molar refractivity (Wildman–Crippen MR) is 101 cm³/mol. The molecule has 1 unspecified atom stereocenters. The van der Waals surface area contributed by atoms with Crippen molar-refractivity contribution in [3.63, 3.8) is 0 Å². The third-order valence-corrected chi connectivity index (χ3v) is 4.84. The monoisotopic (exact) mass is 358 g/mol. The average molecular weight is 358 g/mol. The second-order valence-corrected chi connectivity index (χ2v) is 6.40. The number of ether oxygens (including phenoxy) is 2. The van der Waals surface area contributed by atoms with Crippen molar-refractivity contribution < 1.29 is 19.1 Å². The number of hydrogen-bond donors (Lipinski definition) is 0. The molecule has 0 saturated carbocycles. The molecule has 0 spiro atoms. The molecule has 134 valence electrons. The van der Waals surface area contributed by atoms with Crippen LogP contribution >= 0.6 is 0 Å². The minimum absolute atomic E-state index is 0.133. The molecule has 0 heterocycles. The highest BCUT2D eigenvalue weighted by Crippen LogP contribution is 2.46. The summed E-state index contributed by atoms with van der Waals surface area (Å²) in [5.41, 5.74) is 4.90. The van der Waals surface area contributed by atoms with Crippen molar-refractivity contribution >= 4 is 12.4 Å². The van der Waals surface area contributed by atoms with Gasteiger partial charge in [-0.05, 0) is 27.8 Å². The quantitative estimate of drug-likeness (QED) is 0.492. The van der Waals surface area contributed by atoms with Gasteiger partial charge in [0.15, 0.2) is 0 Å². The Morgan fingerprint density at radius 3 is 2.00 bits per heavy atom. The Hall–Kier alpha value is -3.40. The van der Waals surface area contributed by atoms with Crippen molar-refractivity contribution in [3.8, 4) is 11.1 Å². The van der Waals surface area contributed by atoms with Crippen LogP contribution in [0.3, 0.4) is 0 Å². The molecule has 4 heteroatoms. The second kappa shape index (κ2) is 7.46. The summed E-state index contributed by atoms with van der Waals surface area (Å²) in [7, 11) is 0. The van der Waals surface area contributed by atoms with Crippen molar-refractivity contribution in [1.82, 2.24) is 0 Å². The van der Waals surface area contributed by atoms with Gasteiger partial charge in [0.05, 0.1) is 5.92 Å². The fraction of sp³-hybridized carbons (Fsp3) is 0.130. The van der Waals surface area contributed by atoms with Gasteiger partial charge < -0.3 is 9.47 Å². The molecule has 0 radical (unpaired) electrons. The third-order valence-electron chi connectivity index (χ3n) is 4.84. The van der Waals surface area contributed by atoms with Gasteiger partial charge in [-0.25, -0.2) is 4.79 Å². The van der Waals surface area contributed by atoms with E-state index in [-0.39, 0.29) is 12.5 Å². The van der Waals surface area contributed by atoms with Crippen molar-refractivity contribution in [1.29, 1.82) is 0 Å². The summed E-state index contributed by atoms with van der Waals surface area (Å²) in [4.78, 5) is 24.0. The standard InChI is InChI=1S/C23H18O4/c24-15-27-22(23(25)26-14-16-8-2-1-3-9-16)21-19-12-6-4-10-17(19)18-11-5-7-13-20(18)21/h1-13,15,21-22H,14H2. The Balaban J connectivity index is 1.65. The summed E-state index contributed by atoms with van der Waals surface area (Å²) in [5.74, 6) is -0.937. The average Bonchev–Trinajstić information content (AvgIpc) is 3.05. The van der Waals surface area contributed by atoms with Gasteiger partial charge in [0.2, 0.25) is 6.10 Å². The van der Waals surface area contributed by atoms with Crippen molar-refractivity contribution in [2.24, 2.45) is 0 Å². The summed E-state index contributed by atoms with van der Waals surface area (Å²) in [5, 5.41) is 0. The molecule has 27 heavy (non-hydrogen) atoms. The Labute approximate surface area is 157 Å². The lowest BCUT2D eigenvalue weighted by molar-refractivity contribution is -0.163. The molecule has 0 fully saturated rings. The van der Waals surface area contributed by atoms with E-state index in [4.69, 9.17) is 9.47 Å².